The molecular formula is C14H13NO3. The Bertz CT molecular complexity index is 567. The summed E-state index contributed by atoms with van der Waals surface area (Å²) in [5.41, 5.74) is 2.38. The maximum Gasteiger partial charge on any atom is 0.213 e. The fourth-order valence-electron chi connectivity index (χ4n) is 1.68. The van der Waals surface area contributed by atoms with E-state index in [1.165, 1.54) is 0 Å². The van der Waals surface area contributed by atoms with Gasteiger partial charge in [0.15, 0.2) is 0 Å². The van der Waals surface area contributed by atoms with Crippen LogP contribution in [0.25, 0.3) is 11.1 Å². The molecule has 1 heterocycles. The summed E-state index contributed by atoms with van der Waals surface area (Å²) in [6.45, 7) is 0. The smallest absolute Gasteiger partial charge is 0.213 e. The Balaban J connectivity index is 2.51. The predicted molar refractivity (Wildman–Crippen MR) is 68.2 cm³/mol. The van der Waals surface area contributed by atoms with Crippen LogP contribution in [0.3, 0.4) is 0 Å². The Labute approximate surface area is 105 Å². The molecule has 4 nitrogen and oxygen atoms in total. The van der Waals surface area contributed by atoms with Crippen LogP contribution in [0.4, 0.5) is 0 Å². The fraction of sp³-hybridized carbons (Fsp3) is 0.143. The van der Waals surface area contributed by atoms with Crippen molar-refractivity contribution in [3.63, 3.8) is 0 Å². The molecule has 2 aromatic rings. The van der Waals surface area contributed by atoms with E-state index in [1.54, 1.807) is 32.5 Å². The first-order valence-electron chi connectivity index (χ1n) is 5.41. The molecule has 0 N–H and O–H groups in total. The molecule has 0 aliphatic carbocycles. The Hall–Kier alpha value is -2.36. The molecule has 0 aliphatic heterocycles. The van der Waals surface area contributed by atoms with Crippen molar-refractivity contribution in [1.29, 1.82) is 0 Å². The number of nitrogens with zero attached hydrogens (tertiary/aromatic N) is 1. The number of hydrogen-bond acceptors (Lipinski definition) is 4. The maximum atomic E-state index is 10.9. The molecule has 2 rings (SSSR count). The van der Waals surface area contributed by atoms with E-state index in [4.69, 9.17) is 9.47 Å². The van der Waals surface area contributed by atoms with Crippen LogP contribution in [0.15, 0.2) is 36.5 Å². The summed E-state index contributed by atoms with van der Waals surface area (Å²) in [5.74, 6) is 1.17. The standard InChI is InChI=1S/C14H13NO3/c1-17-13-6-10(9-16)5-12(7-13)11-3-4-15-14(8-11)18-2/h3-9H,1-2H3. The van der Waals surface area contributed by atoms with Gasteiger partial charge < -0.3 is 9.47 Å². The summed E-state index contributed by atoms with van der Waals surface area (Å²) in [4.78, 5) is 14.9. The van der Waals surface area contributed by atoms with E-state index in [-0.39, 0.29) is 0 Å². The van der Waals surface area contributed by atoms with Crippen LogP contribution < -0.4 is 9.47 Å². The largest absolute Gasteiger partial charge is 0.497 e. The van der Waals surface area contributed by atoms with Crippen molar-refractivity contribution < 1.29 is 14.3 Å². The Morgan fingerprint density at radius 2 is 1.89 bits per heavy atom. The average molecular weight is 243 g/mol. The summed E-state index contributed by atoms with van der Waals surface area (Å²) < 4.78 is 10.2. The summed E-state index contributed by atoms with van der Waals surface area (Å²) in [6, 6.07) is 9.01. The van der Waals surface area contributed by atoms with E-state index in [2.05, 4.69) is 4.98 Å². The third-order valence-electron chi connectivity index (χ3n) is 2.58. The number of rotatable bonds is 4. The monoisotopic (exact) mass is 243 g/mol. The van der Waals surface area contributed by atoms with Crippen LogP contribution >= 0.6 is 0 Å². The van der Waals surface area contributed by atoms with E-state index in [0.717, 1.165) is 17.4 Å². The molecule has 0 aliphatic rings. The second-order valence-electron chi connectivity index (χ2n) is 3.70. The number of ether oxygens (including phenoxy) is 2. The first-order valence-corrected chi connectivity index (χ1v) is 5.41. The highest BCUT2D eigenvalue weighted by Gasteiger charge is 2.05. The van der Waals surface area contributed by atoms with Gasteiger partial charge in [-0.2, -0.15) is 0 Å². The van der Waals surface area contributed by atoms with E-state index < -0.39 is 0 Å². The van der Waals surface area contributed by atoms with E-state index in [9.17, 15) is 4.79 Å². The van der Waals surface area contributed by atoms with Crippen molar-refractivity contribution in [2.24, 2.45) is 0 Å². The molecule has 0 spiro atoms. The minimum Gasteiger partial charge on any atom is -0.497 e. The Morgan fingerprint density at radius 3 is 2.56 bits per heavy atom. The first-order chi connectivity index (χ1) is 8.76. The lowest BCUT2D eigenvalue weighted by atomic mass is 10.0. The fourth-order valence-corrected chi connectivity index (χ4v) is 1.68. The summed E-state index contributed by atoms with van der Waals surface area (Å²) in [5, 5.41) is 0. The van der Waals surface area contributed by atoms with Crippen LogP contribution in [0.2, 0.25) is 0 Å². The normalized spacial score (nSPS) is 9.89. The molecule has 0 amide bonds. The molecular weight excluding hydrogens is 230 g/mol. The topological polar surface area (TPSA) is 48.4 Å². The molecule has 1 aromatic heterocycles. The van der Waals surface area contributed by atoms with Crippen LogP contribution in [0.5, 0.6) is 11.6 Å². The molecule has 0 fully saturated rings. The molecule has 0 radical (unpaired) electrons. The number of pyridine rings is 1. The number of carbonyl (C=O) groups excluding carboxylic acids is 1. The molecule has 92 valence electrons. The van der Waals surface area contributed by atoms with Crippen molar-refractivity contribution in [2.45, 2.75) is 0 Å². The van der Waals surface area contributed by atoms with Gasteiger partial charge in [0.2, 0.25) is 5.88 Å². The van der Waals surface area contributed by atoms with E-state index >= 15 is 0 Å². The number of methoxy groups -OCH3 is 2. The highest BCUT2D eigenvalue weighted by Crippen LogP contribution is 2.27. The third-order valence-corrected chi connectivity index (χ3v) is 2.58. The van der Waals surface area contributed by atoms with Gasteiger partial charge in [0, 0.05) is 17.8 Å². The SMILES string of the molecule is COc1cc(C=O)cc(-c2ccnc(OC)c2)c1. The number of carbonyl (C=O) groups is 1. The number of hydrogen-bond donors (Lipinski definition) is 0. The molecule has 0 bridgehead atoms. The van der Waals surface area contributed by atoms with E-state index in [1.807, 2.05) is 18.2 Å². The Morgan fingerprint density at radius 1 is 1.06 bits per heavy atom. The average Bonchev–Trinajstić information content (AvgIpc) is 2.46. The van der Waals surface area contributed by atoms with Crippen molar-refractivity contribution >= 4 is 6.29 Å². The molecule has 0 unspecified atom stereocenters. The summed E-state index contributed by atoms with van der Waals surface area (Å²) >= 11 is 0. The van der Waals surface area contributed by atoms with Crippen LogP contribution in [0.1, 0.15) is 10.4 Å². The predicted octanol–water partition coefficient (Wildman–Crippen LogP) is 2.58. The lowest BCUT2D eigenvalue weighted by Gasteiger charge is -2.07. The summed E-state index contributed by atoms with van der Waals surface area (Å²) in [6.07, 6.45) is 2.46. The van der Waals surface area contributed by atoms with Crippen LogP contribution in [-0.4, -0.2) is 25.5 Å². The molecule has 0 saturated carbocycles. The zero-order valence-electron chi connectivity index (χ0n) is 10.2. The van der Waals surface area contributed by atoms with Gasteiger partial charge in [0.05, 0.1) is 14.2 Å². The Kier molecular flexibility index (Phi) is 3.57. The third kappa shape index (κ3) is 2.48. The highest BCUT2D eigenvalue weighted by molar-refractivity contribution is 5.80. The van der Waals surface area contributed by atoms with Crippen molar-refractivity contribution in [3.05, 3.63) is 42.1 Å². The highest BCUT2D eigenvalue weighted by atomic mass is 16.5. The lowest BCUT2D eigenvalue weighted by molar-refractivity contribution is 0.112. The van der Waals surface area contributed by atoms with Gasteiger partial charge >= 0.3 is 0 Å². The maximum absolute atomic E-state index is 10.9. The van der Waals surface area contributed by atoms with Gasteiger partial charge in [0.1, 0.15) is 12.0 Å². The van der Waals surface area contributed by atoms with Crippen molar-refractivity contribution in [1.82, 2.24) is 4.98 Å². The van der Waals surface area contributed by atoms with Crippen molar-refractivity contribution in [3.8, 4) is 22.8 Å². The first kappa shape index (κ1) is 12.1. The zero-order chi connectivity index (χ0) is 13.0. The number of benzene rings is 1. The van der Waals surface area contributed by atoms with Gasteiger partial charge in [-0.1, -0.05) is 0 Å². The molecule has 18 heavy (non-hydrogen) atoms. The minimum atomic E-state index is 0.531. The summed E-state index contributed by atoms with van der Waals surface area (Å²) in [7, 11) is 3.13. The van der Waals surface area contributed by atoms with Gasteiger partial charge in [-0.3, -0.25) is 4.79 Å². The minimum absolute atomic E-state index is 0.531. The number of aldehydes is 1. The van der Waals surface area contributed by atoms with Gasteiger partial charge in [0.25, 0.3) is 0 Å². The molecule has 4 heteroatoms. The van der Waals surface area contributed by atoms with E-state index in [0.29, 0.717) is 17.2 Å². The lowest BCUT2D eigenvalue weighted by Crippen LogP contribution is -1.90. The van der Waals surface area contributed by atoms with Crippen LogP contribution in [0, 0.1) is 0 Å². The van der Waals surface area contributed by atoms with Crippen molar-refractivity contribution in [2.75, 3.05) is 14.2 Å². The molecule has 0 saturated heterocycles. The zero-order valence-corrected chi connectivity index (χ0v) is 10.2. The second kappa shape index (κ2) is 5.31. The second-order valence-corrected chi connectivity index (χ2v) is 3.70. The number of aromatic nitrogens is 1. The van der Waals surface area contributed by atoms with Crippen LogP contribution in [-0.2, 0) is 0 Å². The van der Waals surface area contributed by atoms with Gasteiger partial charge in [-0.25, -0.2) is 4.98 Å². The van der Waals surface area contributed by atoms with Gasteiger partial charge in [-0.15, -0.1) is 0 Å². The molecule has 1 aromatic carbocycles. The molecule has 0 atom stereocenters. The van der Waals surface area contributed by atoms with Gasteiger partial charge in [-0.05, 0) is 35.4 Å². The quantitative estimate of drug-likeness (QED) is 0.774.